The van der Waals surface area contributed by atoms with Crippen molar-refractivity contribution in [3.8, 4) is 0 Å². The van der Waals surface area contributed by atoms with E-state index in [1.807, 2.05) is 24.3 Å². The van der Waals surface area contributed by atoms with Crippen LogP contribution < -0.4 is 0 Å². The Morgan fingerprint density at radius 2 is 1.94 bits per heavy atom. The van der Waals surface area contributed by atoms with Gasteiger partial charge in [-0.2, -0.15) is 0 Å². The molecule has 1 N–H and O–H groups in total. The van der Waals surface area contributed by atoms with Crippen LogP contribution in [0.1, 0.15) is 42.9 Å². The van der Waals surface area contributed by atoms with Gasteiger partial charge in [0.15, 0.2) is 0 Å². The Balaban J connectivity index is 2.32. The third-order valence-electron chi connectivity index (χ3n) is 3.57. The van der Waals surface area contributed by atoms with Crippen LogP contribution in [-0.2, 0) is 9.53 Å². The topological polar surface area (TPSA) is 46.5 Å². The third-order valence-corrected chi connectivity index (χ3v) is 3.57. The Kier molecular flexibility index (Phi) is 3.48. The van der Waals surface area contributed by atoms with E-state index in [1.54, 1.807) is 0 Å². The largest absolute Gasteiger partial charge is 0.469 e. The summed E-state index contributed by atoms with van der Waals surface area (Å²) in [6.07, 6.45) is 0.620. The molecule has 3 nitrogen and oxygen atoms in total. The molecule has 0 spiro atoms. The van der Waals surface area contributed by atoms with Crippen molar-refractivity contribution in [3.63, 3.8) is 0 Å². The second-order valence-corrected chi connectivity index (χ2v) is 4.74. The van der Waals surface area contributed by atoms with Gasteiger partial charge < -0.3 is 9.84 Å². The average Bonchev–Trinajstić information content (AvgIpc) is 2.48. The highest BCUT2D eigenvalue weighted by Crippen LogP contribution is 2.38. The molecule has 3 atom stereocenters. The van der Waals surface area contributed by atoms with Gasteiger partial charge in [0.05, 0.1) is 19.1 Å². The lowest BCUT2D eigenvalue weighted by Crippen LogP contribution is -2.18. The van der Waals surface area contributed by atoms with Gasteiger partial charge >= 0.3 is 5.97 Å². The molecule has 0 saturated heterocycles. The van der Waals surface area contributed by atoms with Crippen LogP contribution in [0.25, 0.3) is 0 Å². The Morgan fingerprint density at radius 1 is 1.29 bits per heavy atom. The Bertz CT molecular complexity index is 383. The average molecular weight is 234 g/mol. The summed E-state index contributed by atoms with van der Waals surface area (Å²) >= 11 is 0. The summed E-state index contributed by atoms with van der Waals surface area (Å²) in [7, 11) is 1.40. The standard InChI is InChI=1S/C14H18O3/c1-9-7-10(14(16)17-2)8-13(15)12-6-4-3-5-11(9)12/h3-6,9-10,13,15H,7-8H2,1-2H3/t9-,10-,13+/m1/s1. The van der Waals surface area contributed by atoms with E-state index in [0.29, 0.717) is 6.42 Å². The van der Waals surface area contributed by atoms with Crippen LogP contribution in [0.3, 0.4) is 0 Å². The van der Waals surface area contributed by atoms with Gasteiger partial charge in [-0.1, -0.05) is 31.2 Å². The molecule has 1 aliphatic carbocycles. The van der Waals surface area contributed by atoms with Crippen molar-refractivity contribution in [2.75, 3.05) is 7.11 Å². The number of hydrogen-bond acceptors (Lipinski definition) is 3. The van der Waals surface area contributed by atoms with Gasteiger partial charge in [-0.05, 0) is 29.9 Å². The molecule has 1 aromatic carbocycles. The maximum atomic E-state index is 11.6. The minimum Gasteiger partial charge on any atom is -0.469 e. The zero-order chi connectivity index (χ0) is 12.4. The second kappa shape index (κ2) is 4.88. The normalized spacial score (nSPS) is 28.1. The van der Waals surface area contributed by atoms with Crippen molar-refractivity contribution in [2.45, 2.75) is 31.8 Å². The van der Waals surface area contributed by atoms with Crippen LogP contribution in [0.5, 0.6) is 0 Å². The molecule has 0 saturated carbocycles. The number of carbonyl (C=O) groups is 1. The van der Waals surface area contributed by atoms with E-state index < -0.39 is 6.10 Å². The highest BCUT2D eigenvalue weighted by Gasteiger charge is 2.31. The Morgan fingerprint density at radius 3 is 2.59 bits per heavy atom. The number of esters is 1. The molecule has 0 aromatic heterocycles. The summed E-state index contributed by atoms with van der Waals surface area (Å²) in [4.78, 5) is 11.6. The van der Waals surface area contributed by atoms with Gasteiger partial charge in [-0.15, -0.1) is 0 Å². The van der Waals surface area contributed by atoms with E-state index in [-0.39, 0.29) is 17.8 Å². The van der Waals surface area contributed by atoms with Crippen LogP contribution in [0.2, 0.25) is 0 Å². The van der Waals surface area contributed by atoms with Crippen molar-refractivity contribution in [3.05, 3.63) is 35.4 Å². The van der Waals surface area contributed by atoms with Gasteiger partial charge in [-0.3, -0.25) is 4.79 Å². The number of methoxy groups -OCH3 is 1. The zero-order valence-corrected chi connectivity index (χ0v) is 10.2. The van der Waals surface area contributed by atoms with E-state index in [4.69, 9.17) is 4.74 Å². The summed E-state index contributed by atoms with van der Waals surface area (Å²) < 4.78 is 4.79. The molecule has 0 bridgehead atoms. The van der Waals surface area contributed by atoms with Gasteiger partial charge in [0.2, 0.25) is 0 Å². The number of hydrogen-bond donors (Lipinski definition) is 1. The molecule has 0 amide bonds. The van der Waals surface area contributed by atoms with Gasteiger partial charge in [-0.25, -0.2) is 0 Å². The number of rotatable bonds is 1. The first-order valence-corrected chi connectivity index (χ1v) is 5.98. The molecule has 3 heteroatoms. The number of aliphatic hydroxyl groups is 1. The van der Waals surface area contributed by atoms with Crippen molar-refractivity contribution in [2.24, 2.45) is 5.92 Å². The molecular formula is C14H18O3. The van der Waals surface area contributed by atoms with Gasteiger partial charge in [0, 0.05) is 0 Å². The highest BCUT2D eigenvalue weighted by molar-refractivity contribution is 5.72. The minimum absolute atomic E-state index is 0.211. The SMILES string of the molecule is COC(=O)[C@@H]1C[C@@H](C)c2ccccc2[C@@H](O)C1. The molecule has 1 aromatic rings. The van der Waals surface area contributed by atoms with E-state index in [0.717, 1.165) is 17.5 Å². The summed E-state index contributed by atoms with van der Waals surface area (Å²) in [6.45, 7) is 2.09. The van der Waals surface area contributed by atoms with E-state index >= 15 is 0 Å². The van der Waals surface area contributed by atoms with Gasteiger partial charge in [0.25, 0.3) is 0 Å². The molecule has 2 rings (SSSR count). The number of carbonyl (C=O) groups excluding carboxylic acids is 1. The predicted octanol–water partition coefficient (Wildman–Crippen LogP) is 2.41. The van der Waals surface area contributed by atoms with Crippen molar-refractivity contribution < 1.29 is 14.6 Å². The van der Waals surface area contributed by atoms with Crippen LogP contribution in [-0.4, -0.2) is 18.2 Å². The van der Waals surface area contributed by atoms with Crippen LogP contribution in [0.4, 0.5) is 0 Å². The third kappa shape index (κ3) is 2.34. The first-order chi connectivity index (χ1) is 8.13. The quantitative estimate of drug-likeness (QED) is 0.599. The first-order valence-electron chi connectivity index (χ1n) is 5.98. The fourth-order valence-electron chi connectivity index (χ4n) is 2.67. The van der Waals surface area contributed by atoms with Crippen LogP contribution >= 0.6 is 0 Å². The van der Waals surface area contributed by atoms with E-state index in [1.165, 1.54) is 7.11 Å². The Labute approximate surface area is 101 Å². The molecule has 0 aliphatic heterocycles. The first kappa shape index (κ1) is 12.1. The lowest BCUT2D eigenvalue weighted by Gasteiger charge is -2.15. The number of ether oxygens (including phenoxy) is 1. The van der Waals surface area contributed by atoms with Crippen LogP contribution in [0.15, 0.2) is 24.3 Å². The maximum absolute atomic E-state index is 11.6. The fraction of sp³-hybridized carbons (Fsp3) is 0.500. The summed E-state index contributed by atoms with van der Waals surface area (Å²) in [5.74, 6) is -0.159. The smallest absolute Gasteiger partial charge is 0.308 e. The summed E-state index contributed by atoms with van der Waals surface area (Å²) in [6, 6.07) is 7.87. The fourth-order valence-corrected chi connectivity index (χ4v) is 2.67. The lowest BCUT2D eigenvalue weighted by atomic mass is 9.91. The molecule has 0 heterocycles. The minimum atomic E-state index is -0.569. The lowest BCUT2D eigenvalue weighted by molar-refractivity contribution is -0.146. The van der Waals surface area contributed by atoms with Crippen molar-refractivity contribution in [1.29, 1.82) is 0 Å². The number of fused-ring (bicyclic) bond motifs is 1. The molecular weight excluding hydrogens is 216 g/mol. The molecule has 1 aliphatic rings. The molecule has 0 unspecified atom stereocenters. The Hall–Kier alpha value is -1.35. The van der Waals surface area contributed by atoms with Gasteiger partial charge in [0.1, 0.15) is 0 Å². The zero-order valence-electron chi connectivity index (χ0n) is 10.2. The molecule has 17 heavy (non-hydrogen) atoms. The number of aliphatic hydroxyl groups excluding tert-OH is 1. The number of benzene rings is 1. The van der Waals surface area contributed by atoms with E-state index in [9.17, 15) is 9.90 Å². The van der Waals surface area contributed by atoms with Crippen LogP contribution in [0, 0.1) is 5.92 Å². The predicted molar refractivity (Wildman–Crippen MR) is 64.6 cm³/mol. The van der Waals surface area contributed by atoms with Crippen molar-refractivity contribution in [1.82, 2.24) is 0 Å². The molecule has 0 fully saturated rings. The molecule has 0 radical (unpaired) electrons. The van der Waals surface area contributed by atoms with E-state index in [2.05, 4.69) is 6.92 Å². The monoisotopic (exact) mass is 234 g/mol. The summed E-state index contributed by atoms with van der Waals surface area (Å²) in [5, 5.41) is 10.2. The van der Waals surface area contributed by atoms with Crippen molar-refractivity contribution >= 4 is 5.97 Å². The summed E-state index contributed by atoms with van der Waals surface area (Å²) in [5.41, 5.74) is 2.10. The second-order valence-electron chi connectivity index (χ2n) is 4.74. The maximum Gasteiger partial charge on any atom is 0.308 e. The molecule has 92 valence electrons. The highest BCUT2D eigenvalue weighted by atomic mass is 16.5.